The number of piperidine rings is 1. The van der Waals surface area contributed by atoms with Crippen molar-refractivity contribution in [1.82, 2.24) is 4.90 Å². The van der Waals surface area contributed by atoms with E-state index in [0.717, 1.165) is 12.0 Å². The van der Waals surface area contributed by atoms with Gasteiger partial charge in [0.2, 0.25) is 0 Å². The van der Waals surface area contributed by atoms with Crippen molar-refractivity contribution in [1.29, 1.82) is 0 Å². The molecule has 1 aromatic rings. The number of fused-ring (bicyclic) bond motifs is 3. The lowest BCUT2D eigenvalue weighted by Crippen LogP contribution is -2.48. The minimum absolute atomic E-state index is 0.0149. The van der Waals surface area contributed by atoms with Crippen LogP contribution in [0.5, 0.6) is 11.5 Å². The first kappa shape index (κ1) is 6.81. The van der Waals surface area contributed by atoms with Gasteiger partial charge in [0.05, 0.1) is 25.8 Å². The quantitative estimate of drug-likeness (QED) is 0.909. The van der Waals surface area contributed by atoms with E-state index in [-0.39, 0.29) is 36.1 Å². The molecule has 0 spiro atoms. The summed E-state index contributed by atoms with van der Waals surface area (Å²) in [5.41, 5.74) is -3.84. The molecule has 2 aliphatic heterocycles. The van der Waals surface area contributed by atoms with Gasteiger partial charge in [-0.15, -0.1) is 0 Å². The first-order valence-corrected chi connectivity index (χ1v) is 7.51. The van der Waals surface area contributed by atoms with Crippen LogP contribution >= 0.6 is 0 Å². The Morgan fingerprint density at radius 3 is 2.83 bits per heavy atom. The summed E-state index contributed by atoms with van der Waals surface area (Å²) in [6.07, 6.45) is -11.5. The molecule has 1 fully saturated rings. The smallest absolute Gasteiger partial charge is 0.161 e. The van der Waals surface area contributed by atoms with E-state index >= 15 is 0 Å². The molecule has 3 atom stereocenters. The molecule has 2 aliphatic rings. The van der Waals surface area contributed by atoms with Gasteiger partial charge in [-0.05, 0) is 53.7 Å². The normalized spacial score (nSPS) is 49.4. The van der Waals surface area contributed by atoms with Gasteiger partial charge in [-0.1, -0.05) is 20.6 Å². The van der Waals surface area contributed by atoms with Gasteiger partial charge >= 0.3 is 0 Å². The van der Waals surface area contributed by atoms with E-state index in [9.17, 15) is 6.48 Å². The second kappa shape index (κ2) is 6.57. The Kier molecular flexibility index (Phi) is 1.86. The predicted octanol–water partition coefficient (Wildman–Crippen LogP) is 3.42. The molecule has 0 amide bonds. The standard InChI is InChI=1S/C20H31NO3/c1-20(2,3)11-14-12-21-7-6-13-8-18(23-4)19(24-5)9-15(13)16(21)10-17(14)22/h8-9,14,16-17,22H,6-7,10-12H2,1-5H3/i1D3,2D3,8D,9D,10D2,11D2,14D,16D,17D. The highest BCUT2D eigenvalue weighted by Gasteiger charge is 2.39. The Hall–Kier alpha value is -1.26. The van der Waals surface area contributed by atoms with Crippen LogP contribution in [0.15, 0.2) is 12.1 Å². The summed E-state index contributed by atoms with van der Waals surface area (Å²) in [6.45, 7) is -8.12. The lowest BCUT2D eigenvalue weighted by molar-refractivity contribution is -0.0259. The Morgan fingerprint density at radius 1 is 1.46 bits per heavy atom. The number of hydrogen-bond acceptors (Lipinski definition) is 4. The van der Waals surface area contributed by atoms with Crippen LogP contribution in [-0.4, -0.2) is 43.4 Å². The van der Waals surface area contributed by atoms with Crippen molar-refractivity contribution in [2.45, 2.75) is 51.9 Å². The number of ether oxygens (including phenoxy) is 2. The fraction of sp³-hybridized carbons (Fsp3) is 0.700. The predicted molar refractivity (Wildman–Crippen MR) is 95.7 cm³/mol. The van der Waals surface area contributed by atoms with Crippen molar-refractivity contribution in [2.75, 3.05) is 27.3 Å². The second-order valence-corrected chi connectivity index (χ2v) is 5.89. The Morgan fingerprint density at radius 2 is 2.17 bits per heavy atom. The molecule has 24 heavy (non-hydrogen) atoms. The van der Waals surface area contributed by atoms with Gasteiger partial charge in [0.15, 0.2) is 11.5 Å². The largest absolute Gasteiger partial charge is 0.493 e. The minimum Gasteiger partial charge on any atom is -0.493 e. The van der Waals surface area contributed by atoms with Gasteiger partial charge in [-0.25, -0.2) is 0 Å². The van der Waals surface area contributed by atoms with Crippen molar-refractivity contribution >= 4 is 0 Å². The summed E-state index contributed by atoms with van der Waals surface area (Å²) in [5.74, 6) is -3.96. The summed E-state index contributed by atoms with van der Waals surface area (Å²) in [5, 5.41) is 11.5. The Bertz CT molecular complexity index is 1150. The van der Waals surface area contributed by atoms with Gasteiger partial charge in [0, 0.05) is 34.2 Å². The van der Waals surface area contributed by atoms with Crippen LogP contribution < -0.4 is 9.47 Å². The van der Waals surface area contributed by atoms with Gasteiger partial charge < -0.3 is 14.6 Å². The molecular weight excluding hydrogens is 302 g/mol. The maximum atomic E-state index is 11.5. The maximum Gasteiger partial charge on any atom is 0.161 e. The molecule has 1 N–H and O–H groups in total. The Labute approximate surface area is 166 Å². The zero-order valence-electron chi connectivity index (χ0n) is 28.8. The number of hydrogen-bond donors (Lipinski definition) is 1. The SMILES string of the molecule is [2H]c1c2c(c([2H])c(OC)c1OC)C1([2H])N(CC2)CC([2H])(C([2H])([2H])C(C)(C([2H])([2H])[2H])C([2H])([2H])[2H])C([2H])(O)C1([2H])[2H]. The van der Waals surface area contributed by atoms with E-state index in [4.69, 9.17) is 28.7 Å². The van der Waals surface area contributed by atoms with E-state index in [1.807, 2.05) is 0 Å². The minimum atomic E-state index is -3.95. The molecule has 0 aromatic heterocycles. The van der Waals surface area contributed by atoms with E-state index in [0.29, 0.717) is 6.92 Å². The van der Waals surface area contributed by atoms with Gasteiger partial charge in [0.25, 0.3) is 0 Å². The molecule has 3 unspecified atom stereocenters. The molecule has 0 bridgehead atoms. The molecule has 0 radical (unpaired) electrons. The van der Waals surface area contributed by atoms with Crippen LogP contribution in [0.2, 0.25) is 0 Å². The second-order valence-electron chi connectivity index (χ2n) is 5.89. The number of aliphatic hydroxyl groups is 1. The highest BCUT2D eigenvalue weighted by molar-refractivity contribution is 5.49. The number of methoxy groups -OCH3 is 2. The third-order valence-corrected chi connectivity index (χ3v) is 3.88. The highest BCUT2D eigenvalue weighted by atomic mass is 16.5. The summed E-state index contributed by atoms with van der Waals surface area (Å²) in [6, 6.07) is -3.79. The van der Waals surface area contributed by atoms with Gasteiger partial charge in [-0.2, -0.15) is 0 Å². The van der Waals surface area contributed by atoms with Crippen LogP contribution in [0.4, 0.5) is 0 Å². The average molecular weight is 349 g/mol. The van der Waals surface area contributed by atoms with Crippen molar-refractivity contribution in [3.8, 4) is 11.5 Å². The van der Waals surface area contributed by atoms with Crippen molar-refractivity contribution in [3.05, 3.63) is 23.2 Å². The zero-order valence-corrected chi connectivity index (χ0v) is 13.8. The maximum absolute atomic E-state index is 11.5. The van der Waals surface area contributed by atoms with E-state index < -0.39 is 68.0 Å². The van der Waals surface area contributed by atoms with E-state index in [1.54, 1.807) is 0 Å². The monoisotopic (exact) mass is 348 g/mol. The first-order chi connectivity index (χ1) is 17.3. The van der Waals surface area contributed by atoms with Crippen LogP contribution in [0.25, 0.3) is 0 Å². The molecule has 2 heterocycles. The zero-order chi connectivity index (χ0) is 30.6. The fourth-order valence-corrected chi connectivity index (χ4v) is 2.85. The highest BCUT2D eigenvalue weighted by Crippen LogP contribution is 2.44. The van der Waals surface area contributed by atoms with Gasteiger partial charge in [-0.3, -0.25) is 4.90 Å². The lowest BCUT2D eigenvalue weighted by Gasteiger charge is -2.47. The van der Waals surface area contributed by atoms with E-state index in [1.165, 1.54) is 7.11 Å². The number of benzene rings is 1. The molecule has 4 nitrogen and oxygen atoms in total. The van der Waals surface area contributed by atoms with Crippen LogP contribution in [0.3, 0.4) is 0 Å². The summed E-state index contributed by atoms with van der Waals surface area (Å²) >= 11 is 0. The van der Waals surface area contributed by atoms with Crippen LogP contribution in [0.1, 0.15) is 71.1 Å². The molecule has 4 heteroatoms. The first-order valence-electron chi connectivity index (χ1n) is 15.0. The van der Waals surface area contributed by atoms with Crippen LogP contribution in [0, 0.1) is 11.3 Å². The fourth-order valence-electron chi connectivity index (χ4n) is 2.85. The summed E-state index contributed by atoms with van der Waals surface area (Å²) in [7, 11) is 2.38. The molecule has 1 saturated heterocycles. The van der Waals surface area contributed by atoms with Gasteiger partial charge in [0.1, 0.15) is 0 Å². The Balaban J connectivity index is 2.40. The molecule has 134 valence electrons. The molecular formula is C20H31NO3. The van der Waals surface area contributed by atoms with Crippen molar-refractivity contribution in [3.63, 3.8) is 0 Å². The summed E-state index contributed by atoms with van der Waals surface area (Å²) in [4.78, 5) is 0.881. The molecule has 3 rings (SSSR count). The third kappa shape index (κ3) is 3.40. The lowest BCUT2D eigenvalue weighted by atomic mass is 9.75. The molecule has 1 aromatic carbocycles. The molecule has 0 aliphatic carbocycles. The summed E-state index contributed by atoms with van der Waals surface area (Å²) < 4.78 is 137. The number of nitrogens with zero attached hydrogens (tertiary/aromatic N) is 1. The topological polar surface area (TPSA) is 41.9 Å². The number of rotatable bonds is 3. The van der Waals surface area contributed by atoms with Crippen molar-refractivity contribution < 1.29 is 35.1 Å². The molecule has 0 saturated carbocycles. The van der Waals surface area contributed by atoms with E-state index in [2.05, 4.69) is 0 Å². The van der Waals surface area contributed by atoms with Crippen LogP contribution in [-0.2, 0) is 6.42 Å². The third-order valence-electron chi connectivity index (χ3n) is 3.88. The average Bonchev–Trinajstić information content (AvgIpc) is 2.78. The van der Waals surface area contributed by atoms with Crippen molar-refractivity contribution in [2.24, 2.45) is 11.3 Å².